The summed E-state index contributed by atoms with van der Waals surface area (Å²) in [7, 11) is 0. The number of carbonyl (C=O) groups is 2. The lowest BCUT2D eigenvalue weighted by molar-refractivity contribution is -0.137. The van der Waals surface area contributed by atoms with Crippen LogP contribution in [0.5, 0.6) is 0 Å². The van der Waals surface area contributed by atoms with Gasteiger partial charge in [-0.15, -0.1) is 0 Å². The molecule has 0 fully saturated rings. The van der Waals surface area contributed by atoms with E-state index in [1.807, 2.05) is 0 Å². The molecule has 0 aliphatic carbocycles. The topological polar surface area (TPSA) is 105 Å². The molecule has 1 aromatic heterocycles. The van der Waals surface area contributed by atoms with E-state index in [1.54, 1.807) is 13.8 Å². The highest BCUT2D eigenvalue weighted by atomic mass is 16.5. The SMILES string of the molecule is Cc1noc(C(C)NC(=O)CCCCC(=O)O)n1. The predicted octanol–water partition coefficient (Wildman–Crippen LogP) is 1.20. The molecule has 0 saturated heterocycles. The van der Waals surface area contributed by atoms with Gasteiger partial charge in [0.2, 0.25) is 11.8 Å². The van der Waals surface area contributed by atoms with Gasteiger partial charge in [-0.25, -0.2) is 0 Å². The first-order valence-electron chi connectivity index (χ1n) is 5.80. The van der Waals surface area contributed by atoms with E-state index < -0.39 is 5.97 Å². The molecule has 100 valence electrons. The molecule has 0 radical (unpaired) electrons. The Morgan fingerprint density at radius 3 is 2.61 bits per heavy atom. The molecule has 0 aliphatic rings. The van der Waals surface area contributed by atoms with Crippen molar-refractivity contribution >= 4 is 11.9 Å². The number of carboxylic acids is 1. The highest BCUT2D eigenvalue weighted by molar-refractivity contribution is 5.76. The van der Waals surface area contributed by atoms with Crippen molar-refractivity contribution in [2.24, 2.45) is 0 Å². The van der Waals surface area contributed by atoms with Crippen molar-refractivity contribution in [3.63, 3.8) is 0 Å². The summed E-state index contributed by atoms with van der Waals surface area (Å²) < 4.78 is 4.93. The number of nitrogens with zero attached hydrogens (tertiary/aromatic N) is 2. The molecule has 1 atom stereocenters. The van der Waals surface area contributed by atoms with Gasteiger partial charge in [-0.05, 0) is 26.7 Å². The van der Waals surface area contributed by atoms with Gasteiger partial charge in [0, 0.05) is 12.8 Å². The Bertz CT molecular complexity index is 416. The first-order chi connectivity index (χ1) is 8.49. The van der Waals surface area contributed by atoms with Crippen molar-refractivity contribution in [3.8, 4) is 0 Å². The fourth-order valence-corrected chi connectivity index (χ4v) is 1.43. The molecule has 1 amide bonds. The number of aliphatic carboxylic acids is 1. The number of rotatable bonds is 7. The normalized spacial score (nSPS) is 12.1. The van der Waals surface area contributed by atoms with Crippen LogP contribution in [0, 0.1) is 6.92 Å². The van der Waals surface area contributed by atoms with Crippen LogP contribution in [0.4, 0.5) is 0 Å². The Balaban J connectivity index is 2.25. The first kappa shape index (κ1) is 14.1. The van der Waals surface area contributed by atoms with Crippen molar-refractivity contribution in [2.75, 3.05) is 0 Å². The minimum absolute atomic E-state index is 0.0890. The number of nitrogens with one attached hydrogen (secondary N) is 1. The number of carbonyl (C=O) groups excluding carboxylic acids is 1. The van der Waals surface area contributed by atoms with E-state index in [9.17, 15) is 9.59 Å². The average molecular weight is 255 g/mol. The molecule has 18 heavy (non-hydrogen) atoms. The van der Waals surface area contributed by atoms with E-state index in [0.29, 0.717) is 31.0 Å². The minimum Gasteiger partial charge on any atom is -0.481 e. The fourth-order valence-electron chi connectivity index (χ4n) is 1.43. The Hall–Kier alpha value is -1.92. The van der Waals surface area contributed by atoms with Gasteiger partial charge in [0.1, 0.15) is 6.04 Å². The van der Waals surface area contributed by atoms with Crippen LogP contribution in [-0.2, 0) is 9.59 Å². The summed E-state index contributed by atoms with van der Waals surface area (Å²) in [4.78, 5) is 25.8. The van der Waals surface area contributed by atoms with Crippen LogP contribution in [-0.4, -0.2) is 27.1 Å². The average Bonchev–Trinajstić information content (AvgIpc) is 2.71. The Morgan fingerprint density at radius 2 is 2.06 bits per heavy atom. The summed E-state index contributed by atoms with van der Waals surface area (Å²) >= 11 is 0. The standard InChI is InChI=1S/C11H17N3O4/c1-7(11-13-8(2)14-18-11)12-9(15)5-3-4-6-10(16)17/h7H,3-6H2,1-2H3,(H,12,15)(H,16,17). The molecule has 2 N–H and O–H groups in total. The number of hydrogen-bond acceptors (Lipinski definition) is 5. The van der Waals surface area contributed by atoms with Crippen LogP contribution < -0.4 is 5.32 Å². The third-order valence-electron chi connectivity index (χ3n) is 2.34. The first-order valence-corrected chi connectivity index (χ1v) is 5.80. The number of aromatic nitrogens is 2. The Morgan fingerprint density at radius 1 is 1.39 bits per heavy atom. The number of aryl methyl sites for hydroxylation is 1. The maximum absolute atomic E-state index is 11.5. The highest BCUT2D eigenvalue weighted by Gasteiger charge is 2.15. The minimum atomic E-state index is -0.842. The zero-order chi connectivity index (χ0) is 13.5. The van der Waals surface area contributed by atoms with Crippen LogP contribution >= 0.6 is 0 Å². The van der Waals surface area contributed by atoms with Crippen LogP contribution in [0.2, 0.25) is 0 Å². The molecule has 7 nitrogen and oxygen atoms in total. The van der Waals surface area contributed by atoms with Gasteiger partial charge in [0.25, 0.3) is 0 Å². The van der Waals surface area contributed by atoms with Crippen molar-refractivity contribution in [3.05, 3.63) is 11.7 Å². The molecule has 0 aliphatic heterocycles. The van der Waals surface area contributed by atoms with E-state index in [1.165, 1.54) is 0 Å². The zero-order valence-electron chi connectivity index (χ0n) is 10.5. The highest BCUT2D eigenvalue weighted by Crippen LogP contribution is 2.09. The Kier molecular flexibility index (Phi) is 5.29. The van der Waals surface area contributed by atoms with E-state index in [0.717, 1.165) is 0 Å². The number of carboxylic acid groups (broad SMARTS) is 1. The number of unbranched alkanes of at least 4 members (excludes halogenated alkanes) is 1. The second-order valence-corrected chi connectivity index (χ2v) is 4.07. The summed E-state index contributed by atoms with van der Waals surface area (Å²) in [6.07, 6.45) is 1.43. The maximum Gasteiger partial charge on any atom is 0.303 e. The summed E-state index contributed by atoms with van der Waals surface area (Å²) in [5.41, 5.74) is 0. The van der Waals surface area contributed by atoms with Gasteiger partial charge >= 0.3 is 5.97 Å². The van der Waals surface area contributed by atoms with Gasteiger partial charge in [0.05, 0.1) is 0 Å². The third kappa shape index (κ3) is 4.94. The van der Waals surface area contributed by atoms with E-state index in [4.69, 9.17) is 9.63 Å². The summed E-state index contributed by atoms with van der Waals surface area (Å²) in [6, 6.07) is -0.335. The lowest BCUT2D eigenvalue weighted by Gasteiger charge is -2.09. The molecule has 1 heterocycles. The molecule has 1 unspecified atom stereocenters. The molecule has 0 bridgehead atoms. The van der Waals surface area contributed by atoms with Crippen molar-refractivity contribution in [2.45, 2.75) is 45.6 Å². The van der Waals surface area contributed by atoms with Gasteiger partial charge in [0.15, 0.2) is 5.82 Å². The van der Waals surface area contributed by atoms with Gasteiger partial charge in [-0.1, -0.05) is 5.16 Å². The number of hydrogen-bond donors (Lipinski definition) is 2. The summed E-state index contributed by atoms with van der Waals surface area (Å²) in [6.45, 7) is 3.45. The smallest absolute Gasteiger partial charge is 0.303 e. The molecule has 1 aromatic rings. The molecule has 0 saturated carbocycles. The van der Waals surface area contributed by atoms with Gasteiger partial charge < -0.3 is 14.9 Å². The van der Waals surface area contributed by atoms with E-state index in [-0.39, 0.29) is 18.4 Å². The second-order valence-electron chi connectivity index (χ2n) is 4.07. The van der Waals surface area contributed by atoms with Crippen molar-refractivity contribution in [1.29, 1.82) is 0 Å². The Labute approximate surface area is 105 Å². The van der Waals surface area contributed by atoms with Gasteiger partial charge in [-0.3, -0.25) is 9.59 Å². The molecule has 0 aromatic carbocycles. The van der Waals surface area contributed by atoms with Crippen LogP contribution in [0.15, 0.2) is 4.52 Å². The summed E-state index contributed by atoms with van der Waals surface area (Å²) in [5.74, 6) is -0.104. The van der Waals surface area contributed by atoms with Crippen molar-refractivity contribution < 1.29 is 19.2 Å². The lowest BCUT2D eigenvalue weighted by atomic mass is 10.2. The zero-order valence-corrected chi connectivity index (χ0v) is 10.5. The van der Waals surface area contributed by atoms with Crippen molar-refractivity contribution in [1.82, 2.24) is 15.5 Å². The monoisotopic (exact) mass is 255 g/mol. The molecule has 1 rings (SSSR count). The number of amides is 1. The summed E-state index contributed by atoms with van der Waals surface area (Å²) in [5, 5.41) is 14.8. The molecule has 7 heteroatoms. The largest absolute Gasteiger partial charge is 0.481 e. The van der Waals surface area contributed by atoms with Gasteiger partial charge in [-0.2, -0.15) is 4.98 Å². The van der Waals surface area contributed by atoms with Crippen LogP contribution in [0.1, 0.15) is 50.4 Å². The molecular weight excluding hydrogens is 238 g/mol. The van der Waals surface area contributed by atoms with E-state index in [2.05, 4.69) is 15.5 Å². The quantitative estimate of drug-likeness (QED) is 0.709. The fraction of sp³-hybridized carbons (Fsp3) is 0.636. The third-order valence-corrected chi connectivity index (χ3v) is 2.34. The predicted molar refractivity (Wildman–Crippen MR) is 61.7 cm³/mol. The van der Waals surface area contributed by atoms with Crippen LogP contribution in [0.3, 0.4) is 0 Å². The molecular formula is C11H17N3O4. The molecule has 0 spiro atoms. The second kappa shape index (κ2) is 6.73. The van der Waals surface area contributed by atoms with Crippen LogP contribution in [0.25, 0.3) is 0 Å². The maximum atomic E-state index is 11.5. The van der Waals surface area contributed by atoms with E-state index >= 15 is 0 Å². The lowest BCUT2D eigenvalue weighted by Crippen LogP contribution is -2.26.